The summed E-state index contributed by atoms with van der Waals surface area (Å²) in [6.07, 6.45) is 1.09. The highest BCUT2D eigenvalue weighted by molar-refractivity contribution is 8.00. The minimum atomic E-state index is -3.29. The third-order valence-corrected chi connectivity index (χ3v) is 4.20. The van der Waals surface area contributed by atoms with E-state index in [4.69, 9.17) is 0 Å². The fourth-order valence-electron chi connectivity index (χ4n) is 1.70. The van der Waals surface area contributed by atoms with Crippen LogP contribution in [0.25, 0.3) is 0 Å². The highest BCUT2D eigenvalue weighted by atomic mass is 32.2. The second-order valence-corrected chi connectivity index (χ2v) is 7.40. The van der Waals surface area contributed by atoms with E-state index in [9.17, 15) is 13.2 Å². The van der Waals surface area contributed by atoms with Crippen LogP contribution in [0.5, 0.6) is 0 Å². The van der Waals surface area contributed by atoms with Gasteiger partial charge in [0, 0.05) is 16.3 Å². The van der Waals surface area contributed by atoms with Crippen molar-refractivity contribution in [2.75, 3.05) is 22.0 Å². The van der Waals surface area contributed by atoms with Crippen molar-refractivity contribution in [1.82, 2.24) is 0 Å². The maximum absolute atomic E-state index is 11.9. The molecule has 0 radical (unpaired) electrons. The number of rotatable bonds is 6. The molecule has 0 aromatic heterocycles. The number of amides is 1. The Morgan fingerprint density at radius 3 is 2.18 bits per heavy atom. The van der Waals surface area contributed by atoms with Crippen molar-refractivity contribution in [2.45, 2.75) is 4.90 Å². The van der Waals surface area contributed by atoms with Crippen LogP contribution in [0.4, 0.5) is 11.4 Å². The Bertz CT molecular complexity index is 729. The lowest BCUT2D eigenvalue weighted by Gasteiger charge is -2.07. The first-order valence-corrected chi connectivity index (χ1v) is 9.36. The summed E-state index contributed by atoms with van der Waals surface area (Å²) in [4.78, 5) is 12.9. The summed E-state index contributed by atoms with van der Waals surface area (Å²) in [7, 11) is -3.29. The molecule has 22 heavy (non-hydrogen) atoms. The van der Waals surface area contributed by atoms with E-state index in [0.29, 0.717) is 17.1 Å². The molecule has 5 nitrogen and oxygen atoms in total. The average Bonchev–Trinajstić information content (AvgIpc) is 2.47. The van der Waals surface area contributed by atoms with Gasteiger partial charge in [-0.25, -0.2) is 8.42 Å². The number of hydrogen-bond acceptors (Lipinski definition) is 4. The number of benzene rings is 2. The van der Waals surface area contributed by atoms with Crippen molar-refractivity contribution >= 4 is 39.1 Å². The Hall–Kier alpha value is -1.99. The van der Waals surface area contributed by atoms with Gasteiger partial charge in [-0.1, -0.05) is 18.2 Å². The van der Waals surface area contributed by atoms with Crippen LogP contribution in [0.15, 0.2) is 59.5 Å². The van der Waals surface area contributed by atoms with Gasteiger partial charge in [-0.15, -0.1) is 11.8 Å². The lowest BCUT2D eigenvalue weighted by atomic mass is 10.3. The molecule has 0 aliphatic carbocycles. The van der Waals surface area contributed by atoms with Gasteiger partial charge in [0.2, 0.25) is 15.9 Å². The molecule has 2 N–H and O–H groups in total. The van der Waals surface area contributed by atoms with Crippen molar-refractivity contribution < 1.29 is 13.2 Å². The summed E-state index contributed by atoms with van der Waals surface area (Å²) in [5.41, 5.74) is 1.08. The first kappa shape index (κ1) is 16.4. The molecule has 0 heterocycles. The maximum atomic E-state index is 11.9. The number of hydrogen-bond donors (Lipinski definition) is 2. The van der Waals surface area contributed by atoms with Crippen LogP contribution in [-0.4, -0.2) is 26.3 Å². The summed E-state index contributed by atoms with van der Waals surface area (Å²) in [6, 6.07) is 16.2. The van der Waals surface area contributed by atoms with Gasteiger partial charge in [0.05, 0.1) is 12.0 Å². The van der Waals surface area contributed by atoms with Gasteiger partial charge in [0.1, 0.15) is 0 Å². The first-order valence-electron chi connectivity index (χ1n) is 6.48. The van der Waals surface area contributed by atoms with E-state index < -0.39 is 10.0 Å². The van der Waals surface area contributed by atoms with E-state index in [2.05, 4.69) is 10.0 Å². The maximum Gasteiger partial charge on any atom is 0.234 e. The average molecular weight is 336 g/mol. The van der Waals surface area contributed by atoms with Gasteiger partial charge < -0.3 is 5.32 Å². The summed E-state index contributed by atoms with van der Waals surface area (Å²) in [5, 5.41) is 2.77. The van der Waals surface area contributed by atoms with E-state index in [-0.39, 0.29) is 5.91 Å². The van der Waals surface area contributed by atoms with Gasteiger partial charge in [-0.3, -0.25) is 9.52 Å². The molecule has 0 bridgehead atoms. The topological polar surface area (TPSA) is 75.3 Å². The largest absolute Gasteiger partial charge is 0.325 e. The van der Waals surface area contributed by atoms with Crippen molar-refractivity contribution in [2.24, 2.45) is 0 Å². The minimum absolute atomic E-state index is 0.113. The molecule has 1 amide bonds. The Kier molecular flexibility index (Phi) is 5.46. The fourth-order valence-corrected chi connectivity index (χ4v) is 2.98. The van der Waals surface area contributed by atoms with Gasteiger partial charge in [-0.05, 0) is 36.4 Å². The van der Waals surface area contributed by atoms with Crippen molar-refractivity contribution in [3.05, 3.63) is 54.6 Å². The lowest BCUT2D eigenvalue weighted by molar-refractivity contribution is -0.113. The number of nitrogens with one attached hydrogen (secondary N) is 2. The second kappa shape index (κ2) is 7.33. The van der Waals surface area contributed by atoms with Crippen LogP contribution in [0.2, 0.25) is 0 Å². The Morgan fingerprint density at radius 1 is 1.00 bits per heavy atom. The monoisotopic (exact) mass is 336 g/mol. The van der Waals surface area contributed by atoms with Crippen molar-refractivity contribution in [3.63, 3.8) is 0 Å². The molecule has 0 fully saturated rings. The molecular formula is C15H16N2O3S2. The van der Waals surface area contributed by atoms with E-state index in [0.717, 1.165) is 11.2 Å². The highest BCUT2D eigenvalue weighted by Gasteiger charge is 2.05. The third-order valence-electron chi connectivity index (χ3n) is 2.59. The van der Waals surface area contributed by atoms with E-state index in [1.54, 1.807) is 24.3 Å². The molecule has 0 spiro atoms. The summed E-state index contributed by atoms with van der Waals surface area (Å²) in [6.45, 7) is 0. The number of sulfonamides is 1. The quantitative estimate of drug-likeness (QED) is 0.796. The molecule has 2 rings (SSSR count). The van der Waals surface area contributed by atoms with Crippen LogP contribution in [0.3, 0.4) is 0 Å². The zero-order valence-electron chi connectivity index (χ0n) is 11.9. The Labute approximate surface area is 134 Å². The van der Waals surface area contributed by atoms with Crippen molar-refractivity contribution in [3.8, 4) is 0 Å². The standard InChI is InChI=1S/C15H16N2O3S2/c1-22(19,20)17-13-9-7-12(8-10-13)16-15(18)11-21-14-5-3-2-4-6-14/h2-10,17H,11H2,1H3,(H,16,18). The van der Waals surface area contributed by atoms with Gasteiger partial charge >= 0.3 is 0 Å². The second-order valence-electron chi connectivity index (χ2n) is 4.60. The lowest BCUT2D eigenvalue weighted by Crippen LogP contribution is -2.14. The van der Waals surface area contributed by atoms with E-state index in [1.807, 2.05) is 30.3 Å². The van der Waals surface area contributed by atoms with E-state index in [1.165, 1.54) is 11.8 Å². The highest BCUT2D eigenvalue weighted by Crippen LogP contribution is 2.18. The molecule has 7 heteroatoms. The zero-order chi connectivity index (χ0) is 16.0. The van der Waals surface area contributed by atoms with Gasteiger partial charge in [0.15, 0.2) is 0 Å². The molecule has 0 aliphatic rings. The molecule has 116 valence electrons. The Morgan fingerprint density at radius 2 is 1.59 bits per heavy atom. The number of carbonyl (C=O) groups is 1. The van der Waals surface area contributed by atoms with Gasteiger partial charge in [0.25, 0.3) is 0 Å². The Balaban J connectivity index is 1.86. The predicted octanol–water partition coefficient (Wildman–Crippen LogP) is 2.79. The van der Waals surface area contributed by atoms with Crippen LogP contribution < -0.4 is 10.0 Å². The van der Waals surface area contributed by atoms with Crippen LogP contribution >= 0.6 is 11.8 Å². The summed E-state index contributed by atoms with van der Waals surface area (Å²) < 4.78 is 24.6. The van der Waals surface area contributed by atoms with Gasteiger partial charge in [-0.2, -0.15) is 0 Å². The van der Waals surface area contributed by atoms with Crippen LogP contribution in [-0.2, 0) is 14.8 Å². The SMILES string of the molecule is CS(=O)(=O)Nc1ccc(NC(=O)CSc2ccccc2)cc1. The number of carbonyl (C=O) groups excluding carboxylic acids is 1. The van der Waals surface area contributed by atoms with Crippen molar-refractivity contribution in [1.29, 1.82) is 0 Å². The third kappa shape index (κ3) is 5.79. The van der Waals surface area contributed by atoms with Crippen LogP contribution in [0.1, 0.15) is 0 Å². The smallest absolute Gasteiger partial charge is 0.234 e. The molecule has 0 atom stereocenters. The summed E-state index contributed by atoms with van der Waals surface area (Å²) in [5.74, 6) is 0.200. The number of anilines is 2. The van der Waals surface area contributed by atoms with E-state index >= 15 is 0 Å². The molecule has 0 aliphatic heterocycles. The molecule has 0 unspecified atom stereocenters. The normalized spacial score (nSPS) is 11.0. The molecule has 2 aromatic rings. The van der Waals surface area contributed by atoms with Crippen LogP contribution in [0, 0.1) is 0 Å². The fraction of sp³-hybridized carbons (Fsp3) is 0.133. The molecule has 2 aromatic carbocycles. The molecular weight excluding hydrogens is 320 g/mol. The zero-order valence-corrected chi connectivity index (χ0v) is 13.6. The number of thioether (sulfide) groups is 1. The minimum Gasteiger partial charge on any atom is -0.325 e. The first-order chi connectivity index (χ1) is 10.4. The molecule has 0 saturated carbocycles. The predicted molar refractivity (Wildman–Crippen MR) is 90.7 cm³/mol. The summed E-state index contributed by atoms with van der Waals surface area (Å²) >= 11 is 1.46. The molecule has 0 saturated heterocycles.